The fourth-order valence-corrected chi connectivity index (χ4v) is 2.55. The first-order valence-corrected chi connectivity index (χ1v) is 8.48. The Morgan fingerprint density at radius 1 is 1.30 bits per heavy atom. The van der Waals surface area contributed by atoms with E-state index in [1.807, 2.05) is 29.2 Å². The van der Waals surface area contributed by atoms with Crippen LogP contribution in [0.4, 0.5) is 4.79 Å². The molecule has 0 unspecified atom stereocenters. The maximum Gasteiger partial charge on any atom is 0.317 e. The third-order valence-electron chi connectivity index (χ3n) is 4.09. The molecule has 0 saturated carbocycles. The number of amides is 2. The maximum absolute atomic E-state index is 12.2. The summed E-state index contributed by atoms with van der Waals surface area (Å²) in [6, 6.07) is 8.31. The molecular weight excluding hydrogens is 292 g/mol. The van der Waals surface area contributed by atoms with Crippen LogP contribution in [0.25, 0.3) is 0 Å². The average molecular weight is 320 g/mol. The van der Waals surface area contributed by atoms with Gasteiger partial charge in [0.05, 0.1) is 13.2 Å². The van der Waals surface area contributed by atoms with Crippen LogP contribution in [-0.4, -0.2) is 49.9 Å². The molecule has 5 heteroatoms. The highest BCUT2D eigenvalue weighted by Crippen LogP contribution is 2.12. The summed E-state index contributed by atoms with van der Waals surface area (Å²) in [6.07, 6.45) is 2.74. The van der Waals surface area contributed by atoms with Crippen LogP contribution in [0.15, 0.2) is 24.3 Å². The lowest BCUT2D eigenvalue weighted by molar-refractivity contribution is 0.142. The largest absolute Gasteiger partial charge is 0.494 e. The molecule has 1 aromatic rings. The van der Waals surface area contributed by atoms with Crippen LogP contribution in [0.1, 0.15) is 31.7 Å². The number of unbranched alkanes of at least 4 members (excludes halogenated alkanes) is 1. The highest BCUT2D eigenvalue weighted by atomic mass is 16.5. The molecule has 2 amide bonds. The number of rotatable bonds is 6. The molecule has 1 aliphatic rings. The van der Waals surface area contributed by atoms with E-state index >= 15 is 0 Å². The molecular formula is C18H28N2O3. The summed E-state index contributed by atoms with van der Waals surface area (Å²) in [6.45, 7) is 7.52. The van der Waals surface area contributed by atoms with E-state index in [1.165, 1.54) is 5.56 Å². The lowest BCUT2D eigenvalue weighted by Gasteiger charge is -2.26. The number of hydrogen-bond acceptors (Lipinski definition) is 3. The first kappa shape index (κ1) is 17.6. The van der Waals surface area contributed by atoms with Gasteiger partial charge in [-0.3, -0.25) is 0 Å². The summed E-state index contributed by atoms with van der Waals surface area (Å²) in [4.78, 5) is 14.0. The van der Waals surface area contributed by atoms with Crippen molar-refractivity contribution in [2.45, 2.75) is 39.2 Å². The third-order valence-corrected chi connectivity index (χ3v) is 4.09. The normalized spacial score (nSPS) is 18.3. The van der Waals surface area contributed by atoms with E-state index < -0.39 is 0 Å². The van der Waals surface area contributed by atoms with E-state index in [2.05, 4.69) is 19.2 Å². The predicted octanol–water partition coefficient (Wildman–Crippen LogP) is 2.97. The summed E-state index contributed by atoms with van der Waals surface area (Å²) in [7, 11) is 0. The van der Waals surface area contributed by atoms with Gasteiger partial charge in [0.15, 0.2) is 0 Å². The minimum atomic E-state index is 0.0162. The molecule has 1 atom stereocenters. The molecule has 0 aromatic heterocycles. The highest BCUT2D eigenvalue weighted by molar-refractivity contribution is 5.74. The van der Waals surface area contributed by atoms with Crippen molar-refractivity contribution in [1.82, 2.24) is 10.2 Å². The molecule has 0 spiro atoms. The molecule has 0 aliphatic carbocycles. The second-order valence-corrected chi connectivity index (χ2v) is 6.04. The van der Waals surface area contributed by atoms with E-state index in [4.69, 9.17) is 9.47 Å². The van der Waals surface area contributed by atoms with Gasteiger partial charge in [-0.05, 0) is 45.2 Å². The van der Waals surface area contributed by atoms with Crippen LogP contribution in [-0.2, 0) is 4.74 Å². The van der Waals surface area contributed by atoms with Crippen LogP contribution in [0, 0.1) is 6.92 Å². The van der Waals surface area contributed by atoms with Gasteiger partial charge in [0.1, 0.15) is 5.75 Å². The molecule has 1 fully saturated rings. The fraction of sp³-hybridized carbons (Fsp3) is 0.611. The Kier molecular flexibility index (Phi) is 7.20. The Labute approximate surface area is 139 Å². The number of urea groups is 1. The van der Waals surface area contributed by atoms with Crippen molar-refractivity contribution in [2.75, 3.05) is 32.9 Å². The standard InChI is InChI=1S/C18H28N2O3/c1-15-5-7-17(8-6-15)23-12-4-3-10-19-18(21)20-11-14-22-13-9-16(20)2/h5-8,16H,3-4,9-14H2,1-2H3,(H,19,21)/t16-/m0/s1. The molecule has 5 nitrogen and oxygen atoms in total. The zero-order valence-electron chi connectivity index (χ0n) is 14.2. The first-order chi connectivity index (χ1) is 11.2. The van der Waals surface area contributed by atoms with Gasteiger partial charge >= 0.3 is 6.03 Å². The van der Waals surface area contributed by atoms with E-state index in [9.17, 15) is 4.79 Å². The van der Waals surface area contributed by atoms with Gasteiger partial charge in [0.2, 0.25) is 0 Å². The molecule has 1 heterocycles. The Hall–Kier alpha value is -1.75. The van der Waals surface area contributed by atoms with Crippen molar-refractivity contribution in [2.24, 2.45) is 0 Å². The summed E-state index contributed by atoms with van der Waals surface area (Å²) >= 11 is 0. The summed E-state index contributed by atoms with van der Waals surface area (Å²) in [5, 5.41) is 2.99. The number of carbonyl (C=O) groups excluding carboxylic acids is 1. The van der Waals surface area contributed by atoms with Crippen LogP contribution in [0.2, 0.25) is 0 Å². The smallest absolute Gasteiger partial charge is 0.317 e. The Balaban J connectivity index is 1.57. The second-order valence-electron chi connectivity index (χ2n) is 6.04. The number of ether oxygens (including phenoxy) is 2. The van der Waals surface area contributed by atoms with Gasteiger partial charge < -0.3 is 19.7 Å². The highest BCUT2D eigenvalue weighted by Gasteiger charge is 2.21. The van der Waals surface area contributed by atoms with E-state index in [0.717, 1.165) is 31.6 Å². The zero-order valence-corrected chi connectivity index (χ0v) is 14.2. The predicted molar refractivity (Wildman–Crippen MR) is 90.9 cm³/mol. The molecule has 23 heavy (non-hydrogen) atoms. The lowest BCUT2D eigenvalue weighted by atomic mass is 10.2. The molecule has 1 aromatic carbocycles. The van der Waals surface area contributed by atoms with E-state index in [0.29, 0.717) is 26.3 Å². The Morgan fingerprint density at radius 3 is 2.87 bits per heavy atom. The summed E-state index contributed by atoms with van der Waals surface area (Å²) in [5.41, 5.74) is 1.23. The van der Waals surface area contributed by atoms with Gasteiger partial charge in [-0.25, -0.2) is 4.79 Å². The van der Waals surface area contributed by atoms with E-state index in [1.54, 1.807) is 0 Å². The number of carbonyl (C=O) groups is 1. The first-order valence-electron chi connectivity index (χ1n) is 8.48. The summed E-state index contributed by atoms with van der Waals surface area (Å²) in [5.74, 6) is 0.901. The van der Waals surface area contributed by atoms with Crippen molar-refractivity contribution in [3.8, 4) is 5.75 Å². The molecule has 0 radical (unpaired) electrons. The minimum absolute atomic E-state index is 0.0162. The van der Waals surface area contributed by atoms with Crippen molar-refractivity contribution in [3.05, 3.63) is 29.8 Å². The van der Waals surface area contributed by atoms with Crippen LogP contribution >= 0.6 is 0 Å². The van der Waals surface area contributed by atoms with Gasteiger partial charge in [0.25, 0.3) is 0 Å². The van der Waals surface area contributed by atoms with Crippen molar-refractivity contribution in [3.63, 3.8) is 0 Å². The fourth-order valence-electron chi connectivity index (χ4n) is 2.55. The number of nitrogens with zero attached hydrogens (tertiary/aromatic N) is 1. The monoisotopic (exact) mass is 320 g/mol. The minimum Gasteiger partial charge on any atom is -0.494 e. The van der Waals surface area contributed by atoms with Gasteiger partial charge in [0, 0.05) is 25.7 Å². The van der Waals surface area contributed by atoms with Crippen molar-refractivity contribution in [1.29, 1.82) is 0 Å². The number of nitrogens with one attached hydrogen (secondary N) is 1. The van der Waals surface area contributed by atoms with Gasteiger partial charge in [-0.2, -0.15) is 0 Å². The lowest BCUT2D eigenvalue weighted by Crippen LogP contribution is -2.45. The topological polar surface area (TPSA) is 50.8 Å². The molecule has 128 valence electrons. The average Bonchev–Trinajstić information content (AvgIpc) is 2.77. The maximum atomic E-state index is 12.2. The number of benzene rings is 1. The molecule has 1 aliphatic heterocycles. The molecule has 0 bridgehead atoms. The SMILES string of the molecule is Cc1ccc(OCCCCNC(=O)N2CCOCC[C@@H]2C)cc1. The quantitative estimate of drug-likeness (QED) is 0.820. The van der Waals surface area contributed by atoms with Crippen LogP contribution < -0.4 is 10.1 Å². The number of aryl methyl sites for hydroxylation is 1. The zero-order chi connectivity index (χ0) is 16.5. The number of hydrogen-bond donors (Lipinski definition) is 1. The third kappa shape index (κ3) is 6.10. The van der Waals surface area contributed by atoms with Crippen molar-refractivity contribution < 1.29 is 14.3 Å². The van der Waals surface area contributed by atoms with Gasteiger partial charge in [-0.15, -0.1) is 0 Å². The Bertz CT molecular complexity index is 476. The molecule has 2 rings (SSSR count). The second kappa shape index (κ2) is 9.40. The Morgan fingerprint density at radius 2 is 2.09 bits per heavy atom. The van der Waals surface area contributed by atoms with Gasteiger partial charge in [-0.1, -0.05) is 17.7 Å². The van der Waals surface area contributed by atoms with Crippen molar-refractivity contribution >= 4 is 6.03 Å². The molecule has 1 saturated heterocycles. The summed E-state index contributed by atoms with van der Waals surface area (Å²) < 4.78 is 11.1. The molecule has 1 N–H and O–H groups in total. The van der Waals surface area contributed by atoms with E-state index in [-0.39, 0.29) is 12.1 Å². The van der Waals surface area contributed by atoms with Crippen LogP contribution in [0.5, 0.6) is 5.75 Å². The van der Waals surface area contributed by atoms with Crippen LogP contribution in [0.3, 0.4) is 0 Å².